The number of carbonyl (C=O) groups excluding carboxylic acids is 3. The van der Waals surface area contributed by atoms with Crippen LogP contribution >= 0.6 is 0 Å². The number of hydrogen-bond donors (Lipinski definition) is 1. The van der Waals surface area contributed by atoms with Gasteiger partial charge in [0.2, 0.25) is 29.7 Å². The van der Waals surface area contributed by atoms with Crippen LogP contribution in [0.4, 0.5) is 31.4 Å². The van der Waals surface area contributed by atoms with Crippen LogP contribution in [0.5, 0.6) is 0 Å². The molecule has 0 bridgehead atoms. The maximum absolute atomic E-state index is 14.0. The summed E-state index contributed by atoms with van der Waals surface area (Å²) >= 11 is 0. The number of ether oxygens (including phenoxy) is 2. The van der Waals surface area contributed by atoms with E-state index in [-0.39, 0.29) is 48.1 Å². The molecule has 6 rings (SSSR count). The lowest BCUT2D eigenvalue weighted by Crippen LogP contribution is -2.50. The fourth-order valence-electron chi connectivity index (χ4n) is 7.10. The lowest BCUT2D eigenvalue weighted by atomic mass is 10.0. The molecule has 4 aliphatic heterocycles. The normalized spacial score (nSPS) is 20.2. The third kappa shape index (κ3) is 10.2. The Morgan fingerprint density at radius 3 is 2.02 bits per heavy atom. The fraction of sp³-hybridized carbons (Fsp3) is 0.714. The maximum Gasteiger partial charge on any atom is 0.410 e. The zero-order valence-corrected chi connectivity index (χ0v) is 31.5. The second-order valence-corrected chi connectivity index (χ2v) is 15.1. The number of nitrogen functional groups attached to an aromatic ring is 1. The smallest absolute Gasteiger partial charge is 0.410 e. The van der Waals surface area contributed by atoms with Gasteiger partial charge < -0.3 is 39.7 Å². The zero-order valence-electron chi connectivity index (χ0n) is 31.5. The molecule has 4 fully saturated rings. The summed E-state index contributed by atoms with van der Waals surface area (Å²) in [5.41, 5.74) is 4.50. The van der Waals surface area contributed by atoms with Crippen LogP contribution in [-0.2, 0) is 19.1 Å². The summed E-state index contributed by atoms with van der Waals surface area (Å²) in [4.78, 5) is 71.6. The molecule has 0 aromatic carbocycles. The van der Waals surface area contributed by atoms with E-state index in [2.05, 4.69) is 29.8 Å². The van der Waals surface area contributed by atoms with Crippen LogP contribution in [0.2, 0.25) is 0 Å². The van der Waals surface area contributed by atoms with Gasteiger partial charge in [-0.05, 0) is 46.1 Å². The van der Waals surface area contributed by atoms with Gasteiger partial charge in [0.1, 0.15) is 11.3 Å². The van der Waals surface area contributed by atoms with Crippen molar-refractivity contribution in [2.24, 2.45) is 5.92 Å². The first-order valence-corrected chi connectivity index (χ1v) is 18.8. The number of anilines is 3. The molecule has 4 aliphatic rings. The summed E-state index contributed by atoms with van der Waals surface area (Å²) < 4.78 is 38.9. The van der Waals surface area contributed by atoms with Crippen molar-refractivity contribution in [3.63, 3.8) is 0 Å². The Labute approximate surface area is 314 Å². The Hall–Kier alpha value is -4.52. The van der Waals surface area contributed by atoms with Crippen molar-refractivity contribution in [2.45, 2.75) is 58.5 Å². The number of likely N-dealkylation sites (tertiary alicyclic amines) is 1. The minimum Gasteiger partial charge on any atom is -0.444 e. The summed E-state index contributed by atoms with van der Waals surface area (Å²) in [5, 5.41) is 0. The molecule has 2 aromatic heterocycles. The molecule has 296 valence electrons. The number of amides is 3. The highest BCUT2D eigenvalue weighted by atomic mass is 19.3. The lowest BCUT2D eigenvalue weighted by molar-refractivity contribution is -0.138. The van der Waals surface area contributed by atoms with Gasteiger partial charge in [0.25, 0.3) is 6.43 Å². The summed E-state index contributed by atoms with van der Waals surface area (Å²) in [5.74, 6) is 0.689. The SMILES string of the molecule is CC(C)(C)OC(=O)N1CCC(CCN2CCN(C(=O)CCC(=O)N3CCN(c4nc(-c5cnc(N)nc5C(F)F)nc(N5CCOCC5)n4)CC3)CC2)C1. The van der Waals surface area contributed by atoms with Crippen LogP contribution in [-0.4, -0.2) is 166 Å². The van der Waals surface area contributed by atoms with Gasteiger partial charge >= 0.3 is 6.09 Å². The minimum atomic E-state index is -2.92. The Kier molecular flexibility index (Phi) is 12.6. The molecular weight excluding hydrogens is 706 g/mol. The number of nitrogens with zero attached hydrogens (tertiary/aromatic N) is 11. The van der Waals surface area contributed by atoms with Gasteiger partial charge in [-0.25, -0.2) is 23.5 Å². The number of morpholine rings is 1. The van der Waals surface area contributed by atoms with Crippen molar-refractivity contribution in [3.05, 3.63) is 11.9 Å². The molecule has 3 amide bonds. The highest BCUT2D eigenvalue weighted by Crippen LogP contribution is 2.30. The number of nitrogens with two attached hydrogens (primary N) is 1. The second kappa shape index (κ2) is 17.3. The largest absolute Gasteiger partial charge is 0.444 e. The van der Waals surface area contributed by atoms with Crippen LogP contribution in [0.3, 0.4) is 0 Å². The molecule has 6 heterocycles. The Balaban J connectivity index is 0.957. The molecule has 0 radical (unpaired) electrons. The first kappa shape index (κ1) is 39.2. The predicted octanol–water partition coefficient (Wildman–Crippen LogP) is 1.91. The van der Waals surface area contributed by atoms with Crippen LogP contribution < -0.4 is 15.5 Å². The quantitative estimate of drug-likeness (QED) is 0.371. The molecule has 2 N–H and O–H groups in total. The number of hydrogen-bond acceptors (Lipinski definition) is 14. The van der Waals surface area contributed by atoms with Gasteiger partial charge in [-0.15, -0.1) is 0 Å². The fourth-order valence-corrected chi connectivity index (χ4v) is 7.10. The van der Waals surface area contributed by atoms with Gasteiger partial charge in [0.05, 0.1) is 18.8 Å². The van der Waals surface area contributed by atoms with Gasteiger partial charge in [-0.2, -0.15) is 15.0 Å². The molecule has 19 heteroatoms. The van der Waals surface area contributed by atoms with E-state index in [1.54, 1.807) is 9.80 Å². The van der Waals surface area contributed by atoms with Crippen LogP contribution in [0.1, 0.15) is 58.6 Å². The average Bonchev–Trinajstić information content (AvgIpc) is 3.65. The van der Waals surface area contributed by atoms with E-state index < -0.39 is 17.7 Å². The molecule has 4 saturated heterocycles. The summed E-state index contributed by atoms with van der Waals surface area (Å²) in [6, 6.07) is 0. The summed E-state index contributed by atoms with van der Waals surface area (Å²) in [6.45, 7) is 14.4. The first-order chi connectivity index (χ1) is 25.8. The number of halogens is 2. The topological polar surface area (TPSA) is 180 Å². The Morgan fingerprint density at radius 1 is 0.833 bits per heavy atom. The summed E-state index contributed by atoms with van der Waals surface area (Å²) in [7, 11) is 0. The van der Waals surface area contributed by atoms with Gasteiger partial charge in [0.15, 0.2) is 5.82 Å². The lowest BCUT2D eigenvalue weighted by Gasteiger charge is -2.36. The van der Waals surface area contributed by atoms with Crippen LogP contribution in [0.15, 0.2) is 6.20 Å². The molecule has 54 heavy (non-hydrogen) atoms. The van der Waals surface area contributed by atoms with E-state index in [0.29, 0.717) is 83.4 Å². The molecule has 0 aliphatic carbocycles. The zero-order chi connectivity index (χ0) is 38.4. The number of carbonyl (C=O) groups is 3. The number of rotatable bonds is 10. The van der Waals surface area contributed by atoms with Crippen molar-refractivity contribution in [1.82, 2.24) is 44.5 Å². The Bertz CT molecular complexity index is 1630. The molecule has 0 saturated carbocycles. The number of piperazine rings is 2. The molecule has 0 spiro atoms. The average molecular weight is 759 g/mol. The predicted molar refractivity (Wildman–Crippen MR) is 195 cm³/mol. The first-order valence-electron chi connectivity index (χ1n) is 18.8. The molecular formula is C35H52F2N12O5. The van der Waals surface area contributed by atoms with Gasteiger partial charge in [-0.1, -0.05) is 0 Å². The molecule has 2 aromatic rings. The second-order valence-electron chi connectivity index (χ2n) is 15.1. The van der Waals surface area contributed by atoms with E-state index in [1.165, 1.54) is 6.20 Å². The molecule has 1 atom stereocenters. The van der Waals surface area contributed by atoms with Crippen molar-refractivity contribution in [2.75, 3.05) is 114 Å². The molecule has 1 unspecified atom stereocenters. The van der Waals surface area contributed by atoms with Crippen LogP contribution in [0, 0.1) is 5.92 Å². The van der Waals surface area contributed by atoms with Crippen molar-refractivity contribution < 1.29 is 32.6 Å². The van der Waals surface area contributed by atoms with Crippen molar-refractivity contribution in [3.8, 4) is 11.4 Å². The number of alkyl halides is 2. The minimum absolute atomic E-state index is 0.00934. The Morgan fingerprint density at radius 2 is 1.43 bits per heavy atom. The van der Waals surface area contributed by atoms with Crippen LogP contribution in [0.25, 0.3) is 11.4 Å². The maximum atomic E-state index is 14.0. The third-order valence-corrected chi connectivity index (χ3v) is 10.2. The van der Waals surface area contributed by atoms with Gasteiger partial charge in [-0.3, -0.25) is 14.5 Å². The van der Waals surface area contributed by atoms with E-state index in [9.17, 15) is 23.2 Å². The third-order valence-electron chi connectivity index (χ3n) is 10.2. The monoisotopic (exact) mass is 758 g/mol. The van der Waals surface area contributed by atoms with E-state index in [1.807, 2.05) is 35.5 Å². The highest BCUT2D eigenvalue weighted by Gasteiger charge is 2.31. The number of aromatic nitrogens is 5. The highest BCUT2D eigenvalue weighted by molar-refractivity contribution is 5.84. The molecule has 17 nitrogen and oxygen atoms in total. The van der Waals surface area contributed by atoms with E-state index in [4.69, 9.17) is 15.2 Å². The standard InChI is InChI=1S/C35H52F2N12O5/c1-35(2,3)54-34(52)49-9-7-24(23-49)6-8-44-10-12-45(13-11-44)26(50)4-5-27(51)46-14-16-47(17-15-46)32-41-30(25-22-39-31(38)40-28(25)29(36)37)42-33(43-32)48-18-20-53-21-19-48/h22,24,29H,4-21,23H2,1-3H3,(H2,38,39,40). The van der Waals surface area contributed by atoms with Gasteiger partial charge in [0, 0.05) is 97.6 Å². The van der Waals surface area contributed by atoms with Crippen molar-refractivity contribution >= 4 is 35.8 Å². The summed E-state index contributed by atoms with van der Waals surface area (Å²) in [6.07, 6.45) is 0.277. The van der Waals surface area contributed by atoms with Crippen molar-refractivity contribution in [1.29, 1.82) is 0 Å². The van der Waals surface area contributed by atoms with E-state index >= 15 is 0 Å². The van der Waals surface area contributed by atoms with E-state index in [0.717, 1.165) is 45.6 Å².